The summed E-state index contributed by atoms with van der Waals surface area (Å²) in [6.07, 6.45) is 1.10. The predicted molar refractivity (Wildman–Crippen MR) is 92.0 cm³/mol. The van der Waals surface area contributed by atoms with Crippen molar-refractivity contribution in [3.63, 3.8) is 0 Å². The number of aromatic nitrogens is 1. The summed E-state index contributed by atoms with van der Waals surface area (Å²) in [7, 11) is 0. The van der Waals surface area contributed by atoms with E-state index in [1.54, 1.807) is 0 Å². The fourth-order valence-electron chi connectivity index (χ4n) is 3.41. The van der Waals surface area contributed by atoms with E-state index in [-0.39, 0.29) is 0 Å². The SMILES string of the molecule is CCc1ccc2c(c1)c1c(n2CC)-c2ccccc2SC1. The van der Waals surface area contributed by atoms with Crippen LogP contribution >= 0.6 is 11.8 Å². The molecule has 2 aromatic carbocycles. The van der Waals surface area contributed by atoms with Gasteiger partial charge in [0.15, 0.2) is 0 Å². The summed E-state index contributed by atoms with van der Waals surface area (Å²) in [6, 6.07) is 15.8. The molecule has 0 N–H and O–H groups in total. The molecule has 1 aliphatic heterocycles. The molecule has 0 fully saturated rings. The molecule has 1 aromatic heterocycles. The Bertz CT molecular complexity index is 829. The van der Waals surface area contributed by atoms with Gasteiger partial charge in [-0.15, -0.1) is 11.8 Å². The maximum absolute atomic E-state index is 2.49. The number of thioether (sulfide) groups is 1. The Morgan fingerprint density at radius 3 is 2.76 bits per heavy atom. The highest BCUT2D eigenvalue weighted by Crippen LogP contribution is 2.45. The molecular weight excluding hydrogens is 274 g/mol. The lowest BCUT2D eigenvalue weighted by Gasteiger charge is -2.18. The molecule has 0 spiro atoms. The lowest BCUT2D eigenvalue weighted by molar-refractivity contribution is 0.800. The minimum atomic E-state index is 1.02. The molecule has 0 saturated carbocycles. The van der Waals surface area contributed by atoms with E-state index in [1.165, 1.54) is 38.2 Å². The zero-order valence-corrected chi connectivity index (χ0v) is 13.3. The van der Waals surface area contributed by atoms with Crippen LogP contribution in [0.2, 0.25) is 0 Å². The molecule has 1 nitrogen and oxygen atoms in total. The molecule has 0 radical (unpaired) electrons. The van der Waals surface area contributed by atoms with Crippen molar-refractivity contribution >= 4 is 22.7 Å². The molecule has 2 heteroatoms. The standard InChI is InChI=1S/C19H19NS/c1-3-13-9-10-17-15(11-13)16-12-21-18-8-6-5-7-14(18)19(16)20(17)4-2/h5-11H,3-4,12H2,1-2H3. The Balaban J connectivity index is 2.10. The van der Waals surface area contributed by atoms with Gasteiger partial charge in [0, 0.05) is 33.7 Å². The maximum atomic E-state index is 2.49. The van der Waals surface area contributed by atoms with Crippen molar-refractivity contribution in [1.29, 1.82) is 0 Å². The van der Waals surface area contributed by atoms with Crippen LogP contribution in [0, 0.1) is 0 Å². The van der Waals surface area contributed by atoms with Gasteiger partial charge in [0.1, 0.15) is 0 Å². The predicted octanol–water partition coefficient (Wildman–Crippen LogP) is 5.50. The topological polar surface area (TPSA) is 4.93 Å². The van der Waals surface area contributed by atoms with Crippen molar-refractivity contribution in [2.75, 3.05) is 0 Å². The number of hydrogen-bond acceptors (Lipinski definition) is 1. The fourth-order valence-corrected chi connectivity index (χ4v) is 4.50. The van der Waals surface area contributed by atoms with Crippen molar-refractivity contribution in [2.24, 2.45) is 0 Å². The number of fused-ring (bicyclic) bond motifs is 5. The largest absolute Gasteiger partial charge is 0.340 e. The molecule has 0 unspecified atom stereocenters. The second kappa shape index (κ2) is 4.96. The van der Waals surface area contributed by atoms with Crippen LogP contribution in [-0.4, -0.2) is 4.57 Å². The van der Waals surface area contributed by atoms with Crippen LogP contribution in [0.1, 0.15) is 25.0 Å². The number of benzene rings is 2. The van der Waals surface area contributed by atoms with Gasteiger partial charge in [-0.2, -0.15) is 0 Å². The summed E-state index contributed by atoms with van der Waals surface area (Å²) >= 11 is 1.97. The third-order valence-corrected chi connectivity index (χ3v) is 5.57. The molecular formula is C19H19NS. The second-order valence-electron chi connectivity index (χ2n) is 5.56. The monoisotopic (exact) mass is 293 g/mol. The first-order valence-corrected chi connectivity index (χ1v) is 8.68. The Kier molecular flexibility index (Phi) is 3.07. The van der Waals surface area contributed by atoms with E-state index < -0.39 is 0 Å². The molecule has 3 aromatic rings. The van der Waals surface area contributed by atoms with E-state index in [0.29, 0.717) is 0 Å². The van der Waals surface area contributed by atoms with Crippen molar-refractivity contribution in [2.45, 2.75) is 37.5 Å². The normalized spacial score (nSPS) is 13.2. The Hall–Kier alpha value is -1.67. The molecule has 0 atom stereocenters. The van der Waals surface area contributed by atoms with Crippen molar-refractivity contribution in [1.82, 2.24) is 4.57 Å². The molecule has 0 amide bonds. The van der Waals surface area contributed by atoms with Gasteiger partial charge in [-0.05, 0) is 42.7 Å². The average molecular weight is 293 g/mol. The van der Waals surface area contributed by atoms with Crippen LogP contribution in [-0.2, 0) is 18.7 Å². The highest BCUT2D eigenvalue weighted by atomic mass is 32.2. The summed E-state index contributed by atoms with van der Waals surface area (Å²) in [5, 5.41) is 1.45. The highest BCUT2D eigenvalue weighted by molar-refractivity contribution is 7.98. The van der Waals surface area contributed by atoms with Crippen LogP contribution in [0.4, 0.5) is 0 Å². The quantitative estimate of drug-likeness (QED) is 0.604. The van der Waals surface area contributed by atoms with Crippen molar-refractivity contribution in [3.05, 3.63) is 53.6 Å². The number of rotatable bonds is 2. The van der Waals surface area contributed by atoms with Gasteiger partial charge < -0.3 is 4.57 Å². The van der Waals surface area contributed by atoms with Crippen LogP contribution in [0.5, 0.6) is 0 Å². The lowest BCUT2D eigenvalue weighted by Crippen LogP contribution is -2.01. The molecule has 0 saturated heterocycles. The van der Waals surface area contributed by atoms with Gasteiger partial charge in [0.25, 0.3) is 0 Å². The van der Waals surface area contributed by atoms with E-state index in [9.17, 15) is 0 Å². The van der Waals surface area contributed by atoms with Crippen LogP contribution in [0.15, 0.2) is 47.4 Å². The molecule has 106 valence electrons. The van der Waals surface area contributed by atoms with E-state index in [4.69, 9.17) is 0 Å². The number of hydrogen-bond donors (Lipinski definition) is 0. The Morgan fingerprint density at radius 1 is 1.10 bits per heavy atom. The van der Waals surface area contributed by atoms with Gasteiger partial charge in [0.05, 0.1) is 5.69 Å². The Morgan fingerprint density at radius 2 is 1.95 bits per heavy atom. The first kappa shape index (κ1) is 13.0. The molecule has 0 bridgehead atoms. The van der Waals surface area contributed by atoms with E-state index in [0.717, 1.165) is 18.7 Å². The van der Waals surface area contributed by atoms with Crippen molar-refractivity contribution in [3.8, 4) is 11.3 Å². The summed E-state index contributed by atoms with van der Waals surface area (Å²) in [4.78, 5) is 1.42. The van der Waals surface area contributed by atoms with Crippen LogP contribution in [0.3, 0.4) is 0 Å². The molecule has 21 heavy (non-hydrogen) atoms. The first-order chi connectivity index (χ1) is 10.3. The molecule has 0 aliphatic carbocycles. The van der Waals surface area contributed by atoms with E-state index in [2.05, 4.69) is 60.9 Å². The van der Waals surface area contributed by atoms with Gasteiger partial charge in [-0.3, -0.25) is 0 Å². The van der Waals surface area contributed by atoms with E-state index >= 15 is 0 Å². The summed E-state index contributed by atoms with van der Waals surface area (Å²) < 4.78 is 2.49. The van der Waals surface area contributed by atoms with Crippen molar-refractivity contribution < 1.29 is 0 Å². The molecule has 4 rings (SSSR count). The van der Waals surface area contributed by atoms with Gasteiger partial charge >= 0.3 is 0 Å². The van der Waals surface area contributed by atoms with Gasteiger partial charge in [-0.1, -0.05) is 31.2 Å². The first-order valence-electron chi connectivity index (χ1n) is 7.69. The maximum Gasteiger partial charge on any atom is 0.0543 e. The molecule has 1 aliphatic rings. The fraction of sp³-hybridized carbons (Fsp3) is 0.263. The summed E-state index contributed by atoms with van der Waals surface area (Å²) in [6.45, 7) is 5.50. The third kappa shape index (κ3) is 1.86. The summed E-state index contributed by atoms with van der Waals surface area (Å²) in [5.74, 6) is 1.09. The van der Waals surface area contributed by atoms with Gasteiger partial charge in [-0.25, -0.2) is 0 Å². The highest BCUT2D eigenvalue weighted by Gasteiger charge is 2.23. The van der Waals surface area contributed by atoms with E-state index in [1.807, 2.05) is 11.8 Å². The zero-order chi connectivity index (χ0) is 14.4. The molecule has 2 heterocycles. The van der Waals surface area contributed by atoms with Crippen LogP contribution < -0.4 is 0 Å². The third-order valence-electron chi connectivity index (χ3n) is 4.47. The lowest BCUT2D eigenvalue weighted by atomic mass is 10.0. The minimum Gasteiger partial charge on any atom is -0.340 e. The Labute approximate surface area is 130 Å². The average Bonchev–Trinajstić information content (AvgIpc) is 2.88. The second-order valence-corrected chi connectivity index (χ2v) is 6.58. The van der Waals surface area contributed by atoms with Crippen LogP contribution in [0.25, 0.3) is 22.2 Å². The zero-order valence-electron chi connectivity index (χ0n) is 12.5. The summed E-state index contributed by atoms with van der Waals surface area (Å²) in [5.41, 5.74) is 7.18. The number of aryl methyl sites for hydroxylation is 2. The number of nitrogens with zero attached hydrogens (tertiary/aromatic N) is 1. The van der Waals surface area contributed by atoms with Gasteiger partial charge in [0.2, 0.25) is 0 Å². The smallest absolute Gasteiger partial charge is 0.0543 e. The minimum absolute atomic E-state index is 1.02.